The van der Waals surface area contributed by atoms with Crippen LogP contribution in [0.1, 0.15) is 30.1 Å². The summed E-state index contributed by atoms with van der Waals surface area (Å²) in [5.41, 5.74) is 6.96. The first kappa shape index (κ1) is 17.1. The Hall–Kier alpha value is -1.24. The maximum absolute atomic E-state index is 12.3. The molecule has 0 fully saturated rings. The van der Waals surface area contributed by atoms with Gasteiger partial charge in [-0.15, -0.1) is 11.3 Å². The predicted molar refractivity (Wildman–Crippen MR) is 93.9 cm³/mol. The normalized spacial score (nSPS) is 13.6. The molecule has 4 nitrogen and oxygen atoms in total. The minimum atomic E-state index is -1.04. The van der Waals surface area contributed by atoms with E-state index in [1.54, 1.807) is 18.3 Å². The number of thiazole rings is 1. The SMILES string of the molecule is CCc1nc(CCNC(=O)C(C)(N)c2ccc(Br)cc2)cs1. The first-order chi connectivity index (χ1) is 10.4. The Kier molecular flexibility index (Phi) is 5.72. The van der Waals surface area contributed by atoms with Crippen LogP contribution in [0.3, 0.4) is 0 Å². The number of nitrogens with two attached hydrogens (primary N) is 1. The van der Waals surface area contributed by atoms with E-state index in [4.69, 9.17) is 5.73 Å². The van der Waals surface area contributed by atoms with Gasteiger partial charge < -0.3 is 11.1 Å². The van der Waals surface area contributed by atoms with Crippen LogP contribution in [-0.4, -0.2) is 17.4 Å². The highest BCUT2D eigenvalue weighted by atomic mass is 79.9. The minimum Gasteiger partial charge on any atom is -0.354 e. The summed E-state index contributed by atoms with van der Waals surface area (Å²) in [6, 6.07) is 7.49. The lowest BCUT2D eigenvalue weighted by molar-refractivity contribution is -0.126. The number of hydrogen-bond acceptors (Lipinski definition) is 4. The standard InChI is InChI=1S/C16H20BrN3OS/c1-3-14-20-13(10-22-14)8-9-19-15(21)16(2,18)11-4-6-12(17)7-5-11/h4-7,10H,3,8-9,18H2,1-2H3,(H,19,21). The number of aromatic nitrogens is 1. The number of amides is 1. The molecule has 1 atom stereocenters. The van der Waals surface area contributed by atoms with Gasteiger partial charge in [0.05, 0.1) is 10.7 Å². The second-order valence-corrected chi connectivity index (χ2v) is 7.16. The first-order valence-corrected chi connectivity index (χ1v) is 8.87. The quantitative estimate of drug-likeness (QED) is 0.807. The highest BCUT2D eigenvalue weighted by Gasteiger charge is 2.30. The Balaban J connectivity index is 1.91. The van der Waals surface area contributed by atoms with Crippen LogP contribution in [0.25, 0.3) is 0 Å². The average molecular weight is 382 g/mol. The highest BCUT2D eigenvalue weighted by molar-refractivity contribution is 9.10. The Morgan fingerprint density at radius 2 is 2.09 bits per heavy atom. The molecule has 118 valence electrons. The molecule has 1 aromatic heterocycles. The van der Waals surface area contributed by atoms with Crippen LogP contribution in [0, 0.1) is 0 Å². The van der Waals surface area contributed by atoms with Gasteiger partial charge in [-0.05, 0) is 31.0 Å². The van der Waals surface area contributed by atoms with Gasteiger partial charge in [-0.1, -0.05) is 35.0 Å². The van der Waals surface area contributed by atoms with Gasteiger partial charge in [0.25, 0.3) is 0 Å². The second-order valence-electron chi connectivity index (χ2n) is 5.30. The molecule has 1 amide bonds. The van der Waals surface area contributed by atoms with E-state index in [2.05, 4.69) is 33.2 Å². The molecule has 0 bridgehead atoms. The number of nitrogens with one attached hydrogen (secondary N) is 1. The molecule has 3 N–H and O–H groups in total. The smallest absolute Gasteiger partial charge is 0.244 e. The Labute approximate surface area is 143 Å². The van der Waals surface area contributed by atoms with Crippen molar-refractivity contribution in [2.24, 2.45) is 5.73 Å². The lowest BCUT2D eigenvalue weighted by Crippen LogP contribution is -2.49. The third-order valence-electron chi connectivity index (χ3n) is 3.48. The topological polar surface area (TPSA) is 68.0 Å². The lowest BCUT2D eigenvalue weighted by Gasteiger charge is -2.24. The minimum absolute atomic E-state index is 0.180. The van der Waals surface area contributed by atoms with Gasteiger partial charge in [-0.25, -0.2) is 4.98 Å². The van der Waals surface area contributed by atoms with E-state index >= 15 is 0 Å². The molecular weight excluding hydrogens is 362 g/mol. The fourth-order valence-corrected chi connectivity index (χ4v) is 3.08. The van der Waals surface area contributed by atoms with Crippen LogP contribution < -0.4 is 11.1 Å². The summed E-state index contributed by atoms with van der Waals surface area (Å²) in [5.74, 6) is -0.180. The number of rotatable bonds is 6. The van der Waals surface area contributed by atoms with E-state index in [0.29, 0.717) is 6.54 Å². The van der Waals surface area contributed by atoms with Crippen LogP contribution in [0.15, 0.2) is 34.1 Å². The molecule has 1 unspecified atom stereocenters. The molecule has 22 heavy (non-hydrogen) atoms. The molecule has 6 heteroatoms. The van der Waals surface area contributed by atoms with E-state index in [0.717, 1.165) is 33.6 Å². The summed E-state index contributed by atoms with van der Waals surface area (Å²) < 4.78 is 0.961. The second kappa shape index (κ2) is 7.35. The van der Waals surface area contributed by atoms with Crippen LogP contribution >= 0.6 is 27.3 Å². The van der Waals surface area contributed by atoms with Crippen molar-refractivity contribution in [1.29, 1.82) is 0 Å². The van der Waals surface area contributed by atoms with Crippen molar-refractivity contribution < 1.29 is 4.79 Å². The van der Waals surface area contributed by atoms with Crippen LogP contribution in [0.2, 0.25) is 0 Å². The molecule has 0 aliphatic carbocycles. The maximum atomic E-state index is 12.3. The summed E-state index contributed by atoms with van der Waals surface area (Å²) in [6.07, 6.45) is 1.67. The molecular formula is C16H20BrN3OS. The third kappa shape index (κ3) is 4.15. The summed E-state index contributed by atoms with van der Waals surface area (Å²) in [6.45, 7) is 4.35. The zero-order chi connectivity index (χ0) is 16.2. The van der Waals surface area contributed by atoms with E-state index in [-0.39, 0.29) is 5.91 Å². The molecule has 0 aliphatic heterocycles. The van der Waals surface area contributed by atoms with Crippen molar-refractivity contribution in [2.75, 3.05) is 6.54 Å². The number of benzene rings is 1. The molecule has 0 saturated carbocycles. The van der Waals surface area contributed by atoms with Crippen LogP contribution in [0.4, 0.5) is 0 Å². The molecule has 1 heterocycles. The van der Waals surface area contributed by atoms with Gasteiger partial charge in [-0.2, -0.15) is 0 Å². The van der Waals surface area contributed by atoms with Crippen molar-refractivity contribution >= 4 is 33.2 Å². The van der Waals surface area contributed by atoms with Crippen molar-refractivity contribution in [3.8, 4) is 0 Å². The maximum Gasteiger partial charge on any atom is 0.244 e. The van der Waals surface area contributed by atoms with Crippen molar-refractivity contribution in [3.63, 3.8) is 0 Å². The molecule has 0 saturated heterocycles. The highest BCUT2D eigenvalue weighted by Crippen LogP contribution is 2.20. The lowest BCUT2D eigenvalue weighted by atomic mass is 9.92. The van der Waals surface area contributed by atoms with Gasteiger partial charge in [0.2, 0.25) is 5.91 Å². The Bertz CT molecular complexity index is 637. The number of nitrogens with zero attached hydrogens (tertiary/aromatic N) is 1. The Morgan fingerprint density at radius 1 is 1.41 bits per heavy atom. The Morgan fingerprint density at radius 3 is 2.68 bits per heavy atom. The van der Waals surface area contributed by atoms with Gasteiger partial charge in [-0.3, -0.25) is 4.79 Å². The van der Waals surface area contributed by atoms with E-state index in [9.17, 15) is 4.79 Å². The molecule has 2 aromatic rings. The monoisotopic (exact) mass is 381 g/mol. The van der Waals surface area contributed by atoms with Crippen molar-refractivity contribution in [2.45, 2.75) is 32.2 Å². The van der Waals surface area contributed by atoms with Gasteiger partial charge in [0.15, 0.2) is 0 Å². The van der Waals surface area contributed by atoms with Crippen molar-refractivity contribution in [3.05, 3.63) is 50.4 Å². The van der Waals surface area contributed by atoms with Crippen LogP contribution in [-0.2, 0) is 23.2 Å². The third-order valence-corrected chi connectivity index (χ3v) is 5.05. The van der Waals surface area contributed by atoms with Crippen LogP contribution in [0.5, 0.6) is 0 Å². The fourth-order valence-electron chi connectivity index (χ4n) is 2.04. The number of halogens is 1. The molecule has 0 radical (unpaired) electrons. The van der Waals surface area contributed by atoms with E-state index < -0.39 is 5.54 Å². The van der Waals surface area contributed by atoms with E-state index in [1.807, 2.05) is 29.6 Å². The summed E-state index contributed by atoms with van der Waals surface area (Å²) in [7, 11) is 0. The first-order valence-electron chi connectivity index (χ1n) is 7.20. The number of aryl methyl sites for hydroxylation is 1. The molecule has 1 aromatic carbocycles. The van der Waals surface area contributed by atoms with Crippen molar-refractivity contribution in [1.82, 2.24) is 10.3 Å². The number of carbonyl (C=O) groups is 1. The van der Waals surface area contributed by atoms with Gasteiger partial charge in [0, 0.05) is 22.8 Å². The molecule has 0 aliphatic rings. The number of hydrogen-bond donors (Lipinski definition) is 2. The predicted octanol–water partition coefficient (Wildman–Crippen LogP) is 3.00. The zero-order valence-electron chi connectivity index (χ0n) is 12.7. The van der Waals surface area contributed by atoms with Gasteiger partial charge >= 0.3 is 0 Å². The molecule has 2 rings (SSSR count). The molecule has 0 spiro atoms. The van der Waals surface area contributed by atoms with E-state index in [1.165, 1.54) is 0 Å². The average Bonchev–Trinajstić information content (AvgIpc) is 2.95. The number of carbonyl (C=O) groups excluding carboxylic acids is 1. The summed E-state index contributed by atoms with van der Waals surface area (Å²) in [5, 5.41) is 6.07. The van der Waals surface area contributed by atoms with Gasteiger partial charge in [0.1, 0.15) is 5.54 Å². The zero-order valence-corrected chi connectivity index (χ0v) is 15.1. The largest absolute Gasteiger partial charge is 0.354 e. The fraction of sp³-hybridized carbons (Fsp3) is 0.375. The summed E-state index contributed by atoms with van der Waals surface area (Å²) >= 11 is 5.04. The summed E-state index contributed by atoms with van der Waals surface area (Å²) in [4.78, 5) is 16.8.